The normalized spacial score (nSPS) is 8.50. The summed E-state index contributed by atoms with van der Waals surface area (Å²) in [6.07, 6.45) is 1.31. The molecule has 14 heavy (non-hydrogen) atoms. The van der Waals surface area contributed by atoms with Crippen LogP contribution in [0.4, 0.5) is 0 Å². The van der Waals surface area contributed by atoms with Crippen molar-refractivity contribution in [3.63, 3.8) is 0 Å². The molecule has 0 bridgehead atoms. The quantitative estimate of drug-likeness (QED) is 0.609. The topological polar surface area (TPSA) is 27.7 Å². The van der Waals surface area contributed by atoms with Gasteiger partial charge in [0.05, 0.1) is 17.3 Å². The second-order valence-electron chi connectivity index (χ2n) is 2.86. The van der Waals surface area contributed by atoms with Crippen molar-refractivity contribution in [3.8, 4) is 0 Å². The Morgan fingerprint density at radius 2 is 1.29 bits per heavy atom. The van der Waals surface area contributed by atoms with E-state index in [-0.39, 0.29) is 5.95 Å². The molecule has 0 aliphatic rings. The van der Waals surface area contributed by atoms with Crippen LogP contribution in [0, 0.1) is 0 Å². The molecule has 0 heterocycles. The highest BCUT2D eigenvalue weighted by molar-refractivity contribution is 4.93. The Hall–Kier alpha value is -1.64. The first-order valence-corrected chi connectivity index (χ1v) is 4.11. The number of allylic oxidation sites excluding steroid dienone is 3. The molecule has 0 saturated carbocycles. The number of hydrogen-bond donors (Lipinski definition) is 0. The molecule has 0 aliphatic carbocycles. The Labute approximate surface area is 85.0 Å². The second kappa shape index (κ2) is 5.91. The van der Waals surface area contributed by atoms with Crippen LogP contribution in [-0.4, -0.2) is 0 Å². The summed E-state index contributed by atoms with van der Waals surface area (Å²) in [4.78, 5) is 0. The number of hydrogen-bond acceptors (Lipinski definition) is 3. The fourth-order valence-corrected chi connectivity index (χ4v) is 0.561. The third-order valence-electron chi connectivity index (χ3n) is 0.906. The lowest BCUT2D eigenvalue weighted by Crippen LogP contribution is -1.95. The molecule has 0 fully saturated rings. The molecule has 0 aromatic rings. The maximum atomic E-state index is 5.13. The number of ether oxygens (including phenoxy) is 3. The van der Waals surface area contributed by atoms with Crippen molar-refractivity contribution < 1.29 is 14.2 Å². The molecule has 3 nitrogen and oxygen atoms in total. The van der Waals surface area contributed by atoms with Crippen molar-refractivity contribution in [2.75, 3.05) is 0 Å². The van der Waals surface area contributed by atoms with Crippen molar-refractivity contribution in [1.29, 1.82) is 0 Å². The van der Waals surface area contributed by atoms with Gasteiger partial charge in [0.2, 0.25) is 0 Å². The fraction of sp³-hybridized carbons (Fsp3) is 0.273. The van der Waals surface area contributed by atoms with Gasteiger partial charge >= 0.3 is 5.95 Å². The third kappa shape index (κ3) is 7.03. The lowest BCUT2D eigenvalue weighted by molar-refractivity contribution is 0.0992. The van der Waals surface area contributed by atoms with Crippen LogP contribution in [0.2, 0.25) is 0 Å². The molecule has 3 heteroatoms. The van der Waals surface area contributed by atoms with Gasteiger partial charge in [0.25, 0.3) is 0 Å². The van der Waals surface area contributed by atoms with Crippen LogP contribution in [-0.2, 0) is 14.2 Å². The molecule has 0 amide bonds. The lowest BCUT2D eigenvalue weighted by Gasteiger charge is -2.10. The van der Waals surface area contributed by atoms with Crippen molar-refractivity contribution in [1.82, 2.24) is 0 Å². The summed E-state index contributed by atoms with van der Waals surface area (Å²) in [6.45, 7) is 15.8. The van der Waals surface area contributed by atoms with E-state index in [0.29, 0.717) is 17.3 Å². The van der Waals surface area contributed by atoms with E-state index in [9.17, 15) is 0 Å². The maximum absolute atomic E-state index is 5.13. The molecule has 0 aliphatic heterocycles. The van der Waals surface area contributed by atoms with Gasteiger partial charge in [-0.15, -0.1) is 0 Å². The molecular formula is C11H16O3. The smallest absolute Gasteiger partial charge is 0.326 e. The Bertz CT molecular complexity index is 256. The summed E-state index contributed by atoms with van der Waals surface area (Å²) < 4.78 is 15.3. The standard InChI is InChI=1S/C11H16O3/c1-8(2)12-7-11(13-9(3)4)14-10(5)6/h7H,1,3,5H2,2,4,6H3. The summed E-state index contributed by atoms with van der Waals surface area (Å²) in [7, 11) is 0. The molecule has 0 aromatic heterocycles. The van der Waals surface area contributed by atoms with Gasteiger partial charge in [0, 0.05) is 0 Å². The van der Waals surface area contributed by atoms with E-state index in [1.165, 1.54) is 6.26 Å². The molecule has 0 unspecified atom stereocenters. The summed E-state index contributed by atoms with van der Waals surface area (Å²) in [5.74, 6) is 1.73. The minimum absolute atomic E-state index is 0.188. The van der Waals surface area contributed by atoms with Crippen LogP contribution in [0.15, 0.2) is 49.2 Å². The lowest BCUT2D eigenvalue weighted by atomic mass is 10.6. The monoisotopic (exact) mass is 196 g/mol. The van der Waals surface area contributed by atoms with Gasteiger partial charge in [0.1, 0.15) is 0 Å². The van der Waals surface area contributed by atoms with Crippen LogP contribution in [0.5, 0.6) is 0 Å². The van der Waals surface area contributed by atoms with E-state index < -0.39 is 0 Å². The molecule has 0 radical (unpaired) electrons. The van der Waals surface area contributed by atoms with Gasteiger partial charge in [-0.3, -0.25) is 0 Å². The van der Waals surface area contributed by atoms with E-state index in [4.69, 9.17) is 14.2 Å². The first-order valence-electron chi connectivity index (χ1n) is 4.11. The summed E-state index contributed by atoms with van der Waals surface area (Å²) >= 11 is 0. The maximum Gasteiger partial charge on any atom is 0.326 e. The first kappa shape index (κ1) is 12.4. The minimum atomic E-state index is 0.188. The van der Waals surface area contributed by atoms with E-state index in [1.807, 2.05) is 0 Å². The molecule has 0 atom stereocenters. The van der Waals surface area contributed by atoms with E-state index in [0.717, 1.165) is 0 Å². The Kier molecular flexibility index (Phi) is 5.22. The van der Waals surface area contributed by atoms with Crippen molar-refractivity contribution in [3.05, 3.63) is 49.2 Å². The fourth-order valence-electron chi connectivity index (χ4n) is 0.561. The van der Waals surface area contributed by atoms with Gasteiger partial charge in [-0.2, -0.15) is 0 Å². The van der Waals surface area contributed by atoms with Crippen LogP contribution in [0.3, 0.4) is 0 Å². The van der Waals surface area contributed by atoms with Gasteiger partial charge in [-0.25, -0.2) is 0 Å². The molecule has 0 rings (SSSR count). The highest BCUT2D eigenvalue weighted by Crippen LogP contribution is 2.11. The van der Waals surface area contributed by atoms with Gasteiger partial charge in [-0.05, 0) is 20.8 Å². The Morgan fingerprint density at radius 3 is 1.57 bits per heavy atom. The predicted octanol–water partition coefficient (Wildman–Crippen LogP) is 3.44. The largest absolute Gasteiger partial charge is 0.463 e. The average molecular weight is 196 g/mol. The van der Waals surface area contributed by atoms with Gasteiger partial charge in [0.15, 0.2) is 6.26 Å². The van der Waals surface area contributed by atoms with Crippen LogP contribution < -0.4 is 0 Å². The Morgan fingerprint density at radius 1 is 0.857 bits per heavy atom. The van der Waals surface area contributed by atoms with Crippen LogP contribution >= 0.6 is 0 Å². The predicted molar refractivity (Wildman–Crippen MR) is 55.8 cm³/mol. The van der Waals surface area contributed by atoms with Crippen LogP contribution in [0.1, 0.15) is 20.8 Å². The second-order valence-corrected chi connectivity index (χ2v) is 2.86. The molecule has 0 aromatic carbocycles. The zero-order valence-corrected chi connectivity index (χ0v) is 8.92. The summed E-state index contributed by atoms with van der Waals surface area (Å²) in [6, 6.07) is 0. The van der Waals surface area contributed by atoms with E-state index in [2.05, 4.69) is 19.7 Å². The van der Waals surface area contributed by atoms with Gasteiger partial charge in [-0.1, -0.05) is 19.7 Å². The molecule has 0 N–H and O–H groups in total. The van der Waals surface area contributed by atoms with E-state index in [1.54, 1.807) is 20.8 Å². The molecule has 78 valence electrons. The summed E-state index contributed by atoms with van der Waals surface area (Å²) in [5.41, 5.74) is 0. The number of rotatable bonds is 6. The first-order chi connectivity index (χ1) is 6.41. The minimum Gasteiger partial charge on any atom is -0.463 e. The third-order valence-corrected chi connectivity index (χ3v) is 0.906. The molecule has 0 spiro atoms. The zero-order chi connectivity index (χ0) is 11.1. The van der Waals surface area contributed by atoms with Gasteiger partial charge < -0.3 is 14.2 Å². The highest BCUT2D eigenvalue weighted by Gasteiger charge is 2.01. The highest BCUT2D eigenvalue weighted by atomic mass is 16.7. The van der Waals surface area contributed by atoms with E-state index >= 15 is 0 Å². The average Bonchev–Trinajstić information content (AvgIpc) is 1.97. The SMILES string of the molecule is C=C(C)OC=C(OC(=C)C)OC(=C)C. The van der Waals surface area contributed by atoms with Crippen molar-refractivity contribution in [2.24, 2.45) is 0 Å². The van der Waals surface area contributed by atoms with Crippen molar-refractivity contribution >= 4 is 0 Å². The summed E-state index contributed by atoms with van der Waals surface area (Å²) in [5, 5.41) is 0. The zero-order valence-electron chi connectivity index (χ0n) is 8.92. The Balaban J connectivity index is 4.37. The van der Waals surface area contributed by atoms with Crippen molar-refractivity contribution in [2.45, 2.75) is 20.8 Å². The molecule has 0 saturated heterocycles. The molecular weight excluding hydrogens is 180 g/mol. The van der Waals surface area contributed by atoms with Crippen LogP contribution in [0.25, 0.3) is 0 Å².